The number of alkyl carbamates (subject to hydrolysis) is 1. The molecule has 0 spiro atoms. The molecule has 112 valence electrons. The first-order valence-corrected chi connectivity index (χ1v) is 6.74. The van der Waals surface area contributed by atoms with Crippen LogP contribution in [0.25, 0.3) is 0 Å². The lowest BCUT2D eigenvalue weighted by Gasteiger charge is -2.19. The quantitative estimate of drug-likeness (QED) is 0.775. The lowest BCUT2D eigenvalue weighted by atomic mass is 10.2. The van der Waals surface area contributed by atoms with Crippen LogP contribution in [0.3, 0.4) is 0 Å². The third-order valence-electron chi connectivity index (χ3n) is 2.36. The standard InChI is InChI=1S/C15H24N2O3/c1-11(18)9-16-13-7-5-6-12(8-13)10-17-14(19)20-15(2,3)4/h5-8,11,16,18H,9-10H2,1-4H3,(H,17,19). The second-order valence-corrected chi connectivity index (χ2v) is 5.79. The molecule has 0 heterocycles. The number of aliphatic hydroxyl groups excluding tert-OH is 1. The van der Waals surface area contributed by atoms with Crippen molar-refractivity contribution in [3.05, 3.63) is 29.8 Å². The van der Waals surface area contributed by atoms with Gasteiger partial charge in [0.2, 0.25) is 0 Å². The third kappa shape index (κ3) is 6.99. The zero-order chi connectivity index (χ0) is 15.2. The van der Waals surface area contributed by atoms with Crippen LogP contribution in [-0.2, 0) is 11.3 Å². The molecule has 1 unspecified atom stereocenters. The van der Waals surface area contributed by atoms with Crippen LogP contribution in [0.1, 0.15) is 33.3 Å². The predicted molar refractivity (Wildman–Crippen MR) is 79.7 cm³/mol. The van der Waals surface area contributed by atoms with Gasteiger partial charge in [0, 0.05) is 18.8 Å². The van der Waals surface area contributed by atoms with Crippen molar-refractivity contribution in [2.45, 2.75) is 45.9 Å². The van der Waals surface area contributed by atoms with E-state index in [0.717, 1.165) is 11.3 Å². The fourth-order valence-corrected chi connectivity index (χ4v) is 1.55. The summed E-state index contributed by atoms with van der Waals surface area (Å²) in [5.74, 6) is 0. The number of benzene rings is 1. The van der Waals surface area contributed by atoms with Gasteiger partial charge in [-0.2, -0.15) is 0 Å². The second kappa shape index (κ2) is 7.14. The third-order valence-corrected chi connectivity index (χ3v) is 2.36. The Balaban J connectivity index is 2.48. The van der Waals surface area contributed by atoms with Gasteiger partial charge in [0.05, 0.1) is 6.10 Å². The lowest BCUT2D eigenvalue weighted by molar-refractivity contribution is 0.0523. The van der Waals surface area contributed by atoms with Crippen LogP contribution < -0.4 is 10.6 Å². The average Bonchev–Trinajstić information content (AvgIpc) is 2.32. The molecule has 0 fully saturated rings. The summed E-state index contributed by atoms with van der Waals surface area (Å²) in [7, 11) is 0. The van der Waals surface area contributed by atoms with E-state index in [1.807, 2.05) is 45.0 Å². The fraction of sp³-hybridized carbons (Fsp3) is 0.533. The maximum absolute atomic E-state index is 11.5. The van der Waals surface area contributed by atoms with E-state index in [1.165, 1.54) is 0 Å². The molecule has 0 bridgehead atoms. The summed E-state index contributed by atoms with van der Waals surface area (Å²) in [5, 5.41) is 15.1. The van der Waals surface area contributed by atoms with Gasteiger partial charge in [0.15, 0.2) is 0 Å². The Kier molecular flexibility index (Phi) is 5.82. The van der Waals surface area contributed by atoms with E-state index in [-0.39, 0.29) is 0 Å². The number of carbonyl (C=O) groups is 1. The molecule has 0 aromatic heterocycles. The number of ether oxygens (including phenoxy) is 1. The van der Waals surface area contributed by atoms with E-state index in [2.05, 4.69) is 10.6 Å². The van der Waals surface area contributed by atoms with Gasteiger partial charge in [-0.3, -0.25) is 0 Å². The predicted octanol–water partition coefficient (Wildman–Crippen LogP) is 2.50. The fourth-order valence-electron chi connectivity index (χ4n) is 1.55. The Labute approximate surface area is 120 Å². The largest absolute Gasteiger partial charge is 0.444 e. The number of hydrogen-bond acceptors (Lipinski definition) is 4. The topological polar surface area (TPSA) is 70.6 Å². The van der Waals surface area contributed by atoms with Crippen LogP contribution in [0.2, 0.25) is 0 Å². The van der Waals surface area contributed by atoms with Crippen LogP contribution in [0.5, 0.6) is 0 Å². The molecule has 1 aromatic rings. The molecule has 1 atom stereocenters. The van der Waals surface area contributed by atoms with E-state index in [9.17, 15) is 9.90 Å². The Morgan fingerprint density at radius 1 is 1.40 bits per heavy atom. The molecular formula is C15H24N2O3. The number of hydrogen-bond donors (Lipinski definition) is 3. The molecule has 0 aliphatic rings. The van der Waals surface area contributed by atoms with Crippen LogP contribution in [0.4, 0.5) is 10.5 Å². The zero-order valence-corrected chi connectivity index (χ0v) is 12.6. The first-order valence-electron chi connectivity index (χ1n) is 6.74. The normalized spacial score (nSPS) is 12.7. The summed E-state index contributed by atoms with van der Waals surface area (Å²) >= 11 is 0. The molecular weight excluding hydrogens is 256 g/mol. The zero-order valence-electron chi connectivity index (χ0n) is 12.6. The van der Waals surface area contributed by atoms with E-state index in [1.54, 1.807) is 6.92 Å². The van der Waals surface area contributed by atoms with Crippen molar-refractivity contribution in [3.63, 3.8) is 0 Å². The van der Waals surface area contributed by atoms with Gasteiger partial charge in [-0.25, -0.2) is 4.79 Å². The monoisotopic (exact) mass is 280 g/mol. The van der Waals surface area contributed by atoms with E-state index in [4.69, 9.17) is 4.74 Å². The van der Waals surface area contributed by atoms with Gasteiger partial charge < -0.3 is 20.5 Å². The number of amides is 1. The highest BCUT2D eigenvalue weighted by atomic mass is 16.6. The highest BCUT2D eigenvalue weighted by Gasteiger charge is 2.15. The smallest absolute Gasteiger partial charge is 0.407 e. The van der Waals surface area contributed by atoms with Crippen molar-refractivity contribution in [3.8, 4) is 0 Å². The minimum absolute atomic E-state index is 0.402. The Bertz CT molecular complexity index is 439. The van der Waals surface area contributed by atoms with Crippen molar-refractivity contribution >= 4 is 11.8 Å². The van der Waals surface area contributed by atoms with Gasteiger partial charge >= 0.3 is 6.09 Å². The molecule has 0 aliphatic heterocycles. The molecule has 3 N–H and O–H groups in total. The van der Waals surface area contributed by atoms with Gasteiger partial charge in [0.25, 0.3) is 0 Å². The van der Waals surface area contributed by atoms with Gasteiger partial charge in [-0.1, -0.05) is 12.1 Å². The Morgan fingerprint density at radius 3 is 2.70 bits per heavy atom. The molecule has 5 heteroatoms. The number of rotatable bonds is 5. The van der Waals surface area contributed by atoms with Crippen molar-refractivity contribution in [2.75, 3.05) is 11.9 Å². The van der Waals surface area contributed by atoms with Crippen LogP contribution in [-0.4, -0.2) is 29.4 Å². The van der Waals surface area contributed by atoms with Crippen LogP contribution >= 0.6 is 0 Å². The minimum Gasteiger partial charge on any atom is -0.444 e. The average molecular weight is 280 g/mol. The molecule has 0 saturated heterocycles. The highest BCUT2D eigenvalue weighted by Crippen LogP contribution is 2.11. The first kappa shape index (κ1) is 16.3. The molecule has 0 radical (unpaired) electrons. The van der Waals surface area contributed by atoms with Gasteiger partial charge in [-0.15, -0.1) is 0 Å². The number of carbonyl (C=O) groups excluding carboxylic acids is 1. The van der Waals surface area contributed by atoms with Crippen molar-refractivity contribution in [1.82, 2.24) is 5.32 Å². The summed E-state index contributed by atoms with van der Waals surface area (Å²) < 4.78 is 5.17. The molecule has 1 amide bonds. The number of aliphatic hydroxyl groups is 1. The van der Waals surface area contributed by atoms with Crippen molar-refractivity contribution in [1.29, 1.82) is 0 Å². The van der Waals surface area contributed by atoms with E-state index < -0.39 is 17.8 Å². The molecule has 0 saturated carbocycles. The van der Waals surface area contributed by atoms with Gasteiger partial charge in [0.1, 0.15) is 5.60 Å². The van der Waals surface area contributed by atoms with Gasteiger partial charge in [-0.05, 0) is 45.4 Å². The summed E-state index contributed by atoms with van der Waals surface area (Å²) in [6.45, 7) is 8.09. The number of nitrogens with one attached hydrogen (secondary N) is 2. The number of anilines is 1. The van der Waals surface area contributed by atoms with Crippen molar-refractivity contribution < 1.29 is 14.6 Å². The highest BCUT2D eigenvalue weighted by molar-refractivity contribution is 5.67. The maximum Gasteiger partial charge on any atom is 0.407 e. The van der Waals surface area contributed by atoms with Crippen LogP contribution in [0, 0.1) is 0 Å². The molecule has 0 aliphatic carbocycles. The SMILES string of the molecule is CC(O)CNc1cccc(CNC(=O)OC(C)(C)C)c1. The summed E-state index contributed by atoms with van der Waals surface area (Å²) in [6, 6.07) is 7.67. The summed E-state index contributed by atoms with van der Waals surface area (Å²) in [4.78, 5) is 11.5. The van der Waals surface area contributed by atoms with Crippen molar-refractivity contribution in [2.24, 2.45) is 0 Å². The molecule has 20 heavy (non-hydrogen) atoms. The second-order valence-electron chi connectivity index (χ2n) is 5.79. The van der Waals surface area contributed by atoms with E-state index >= 15 is 0 Å². The first-order chi connectivity index (χ1) is 9.26. The maximum atomic E-state index is 11.5. The molecule has 1 rings (SSSR count). The summed E-state index contributed by atoms with van der Waals surface area (Å²) in [6.07, 6.45) is -0.835. The van der Waals surface area contributed by atoms with Crippen LogP contribution in [0.15, 0.2) is 24.3 Å². The molecule has 5 nitrogen and oxygen atoms in total. The lowest BCUT2D eigenvalue weighted by Crippen LogP contribution is -2.32. The summed E-state index contributed by atoms with van der Waals surface area (Å²) in [5.41, 5.74) is 1.38. The Hall–Kier alpha value is -1.75. The molecule has 1 aromatic carbocycles. The Morgan fingerprint density at radius 2 is 2.10 bits per heavy atom. The van der Waals surface area contributed by atoms with E-state index in [0.29, 0.717) is 13.1 Å². The minimum atomic E-state index is -0.495.